The zero-order chi connectivity index (χ0) is 13.4. The van der Waals surface area contributed by atoms with Crippen molar-refractivity contribution in [3.05, 3.63) is 34.3 Å². The number of hydrogen-bond acceptors (Lipinski definition) is 3. The van der Waals surface area contributed by atoms with E-state index in [4.69, 9.17) is 10.9 Å². The van der Waals surface area contributed by atoms with Crippen LogP contribution in [0.5, 0.6) is 0 Å². The zero-order valence-corrected chi connectivity index (χ0v) is 12.2. The number of amidine groups is 1. The van der Waals surface area contributed by atoms with Crippen LogP contribution in [0.25, 0.3) is 0 Å². The zero-order valence-electron chi connectivity index (χ0n) is 10.6. The lowest BCUT2D eigenvalue weighted by Gasteiger charge is -2.15. The highest BCUT2D eigenvalue weighted by atomic mass is 79.9. The van der Waals surface area contributed by atoms with Crippen LogP contribution in [0.15, 0.2) is 33.9 Å². The van der Waals surface area contributed by atoms with Crippen LogP contribution in [0.3, 0.4) is 0 Å². The Hall–Kier alpha value is -1.07. The molecule has 1 rings (SSSR count). The first-order valence-corrected chi connectivity index (χ1v) is 6.88. The molecule has 0 fully saturated rings. The van der Waals surface area contributed by atoms with Crippen LogP contribution in [0.1, 0.15) is 37.8 Å². The van der Waals surface area contributed by atoms with Gasteiger partial charge in [-0.1, -0.05) is 39.3 Å². The summed E-state index contributed by atoms with van der Waals surface area (Å²) in [6.07, 6.45) is 2.57. The first-order chi connectivity index (χ1) is 8.65. The van der Waals surface area contributed by atoms with Crippen LogP contribution in [0.4, 0.5) is 0 Å². The molecule has 0 aliphatic carbocycles. The van der Waals surface area contributed by atoms with E-state index >= 15 is 0 Å². The van der Waals surface area contributed by atoms with Gasteiger partial charge in [-0.2, -0.15) is 0 Å². The van der Waals surface area contributed by atoms with Crippen molar-refractivity contribution in [1.29, 1.82) is 0 Å². The van der Waals surface area contributed by atoms with E-state index in [1.807, 2.05) is 18.2 Å². The minimum absolute atomic E-state index is 0.300. The molecule has 0 radical (unpaired) electrons. The van der Waals surface area contributed by atoms with Crippen LogP contribution in [0.2, 0.25) is 0 Å². The largest absolute Gasteiger partial charge is 0.409 e. The topological polar surface area (TPSA) is 70.6 Å². The Kier molecular flexibility index (Phi) is 6.75. The normalized spacial score (nSPS) is 13.6. The molecule has 1 aromatic rings. The van der Waals surface area contributed by atoms with E-state index in [0.29, 0.717) is 18.3 Å². The molecule has 4 nitrogen and oxygen atoms in total. The maximum atomic E-state index is 8.40. The van der Waals surface area contributed by atoms with E-state index in [1.54, 1.807) is 0 Å². The number of nitrogens with two attached hydrogens (primary N) is 1. The van der Waals surface area contributed by atoms with Gasteiger partial charge in [0, 0.05) is 16.9 Å². The van der Waals surface area contributed by atoms with Gasteiger partial charge in [0.1, 0.15) is 5.84 Å². The van der Waals surface area contributed by atoms with Gasteiger partial charge in [0.2, 0.25) is 0 Å². The van der Waals surface area contributed by atoms with E-state index in [2.05, 4.69) is 39.4 Å². The quantitative estimate of drug-likeness (QED) is 0.238. The van der Waals surface area contributed by atoms with Crippen molar-refractivity contribution in [3.63, 3.8) is 0 Å². The lowest BCUT2D eigenvalue weighted by atomic mass is 10.1. The molecule has 100 valence electrons. The minimum Gasteiger partial charge on any atom is -0.409 e. The molecular formula is C13H20BrN3O. The highest BCUT2D eigenvalue weighted by Crippen LogP contribution is 2.22. The van der Waals surface area contributed by atoms with Crippen molar-refractivity contribution in [2.24, 2.45) is 10.9 Å². The Balaban J connectivity index is 2.26. The van der Waals surface area contributed by atoms with Gasteiger partial charge >= 0.3 is 0 Å². The molecule has 0 amide bonds. The van der Waals surface area contributed by atoms with Gasteiger partial charge in [-0.3, -0.25) is 0 Å². The molecule has 0 heterocycles. The number of oxime groups is 1. The smallest absolute Gasteiger partial charge is 0.139 e. The van der Waals surface area contributed by atoms with Gasteiger partial charge in [-0.25, -0.2) is 0 Å². The number of nitrogens with zero attached hydrogens (tertiary/aromatic N) is 1. The highest BCUT2D eigenvalue weighted by Gasteiger charge is 2.07. The van der Waals surface area contributed by atoms with Crippen LogP contribution in [-0.2, 0) is 0 Å². The fraction of sp³-hybridized carbons (Fsp3) is 0.462. The van der Waals surface area contributed by atoms with Crippen LogP contribution in [0, 0.1) is 0 Å². The van der Waals surface area contributed by atoms with Gasteiger partial charge < -0.3 is 16.3 Å². The molecule has 5 heteroatoms. The van der Waals surface area contributed by atoms with Gasteiger partial charge in [0.15, 0.2) is 0 Å². The van der Waals surface area contributed by atoms with Crippen molar-refractivity contribution in [2.75, 3.05) is 6.54 Å². The molecule has 0 bridgehead atoms. The maximum Gasteiger partial charge on any atom is 0.139 e. The summed E-state index contributed by atoms with van der Waals surface area (Å²) in [5, 5.41) is 14.8. The Morgan fingerprint density at radius 1 is 1.44 bits per heavy atom. The molecule has 0 aliphatic rings. The maximum absolute atomic E-state index is 8.40. The van der Waals surface area contributed by atoms with E-state index in [0.717, 1.165) is 23.9 Å². The second-order valence-corrected chi connectivity index (χ2v) is 5.10. The molecule has 1 aromatic carbocycles. The molecule has 0 spiro atoms. The predicted molar refractivity (Wildman–Crippen MR) is 77.8 cm³/mol. The van der Waals surface area contributed by atoms with Gasteiger partial charge in [0.05, 0.1) is 0 Å². The molecule has 0 saturated carbocycles. The van der Waals surface area contributed by atoms with Crippen molar-refractivity contribution in [3.8, 4) is 0 Å². The van der Waals surface area contributed by atoms with E-state index in [-0.39, 0.29) is 0 Å². The van der Waals surface area contributed by atoms with Crippen molar-refractivity contribution in [1.82, 2.24) is 5.32 Å². The Morgan fingerprint density at radius 3 is 2.83 bits per heavy atom. The molecule has 4 N–H and O–H groups in total. The summed E-state index contributed by atoms with van der Waals surface area (Å²) in [4.78, 5) is 0. The van der Waals surface area contributed by atoms with Crippen LogP contribution < -0.4 is 11.1 Å². The molecule has 0 saturated heterocycles. The first-order valence-electron chi connectivity index (χ1n) is 6.09. The standard InChI is InChI=1S/C13H20BrN3O/c1-10(11-6-2-3-7-12(11)14)16-9-5-4-8-13(15)17-18/h2-3,6-7,10,16,18H,4-5,8-9H2,1H3,(H2,15,17)/t10-/m1/s1. The summed E-state index contributed by atoms with van der Waals surface area (Å²) in [5.41, 5.74) is 6.66. The fourth-order valence-corrected chi connectivity index (χ4v) is 2.36. The summed E-state index contributed by atoms with van der Waals surface area (Å²) < 4.78 is 1.13. The van der Waals surface area contributed by atoms with Gasteiger partial charge in [-0.05, 0) is 37.9 Å². The fourth-order valence-electron chi connectivity index (χ4n) is 1.74. The average Bonchev–Trinajstić information content (AvgIpc) is 2.38. The molecule has 18 heavy (non-hydrogen) atoms. The Bertz CT molecular complexity index is 396. The van der Waals surface area contributed by atoms with Crippen molar-refractivity contribution in [2.45, 2.75) is 32.2 Å². The number of hydrogen-bond donors (Lipinski definition) is 3. The number of halogens is 1. The van der Waals surface area contributed by atoms with Crippen molar-refractivity contribution >= 4 is 21.8 Å². The number of rotatable bonds is 7. The molecule has 1 atom stereocenters. The second kappa shape index (κ2) is 8.11. The number of nitrogens with one attached hydrogen (secondary N) is 1. The number of benzene rings is 1. The summed E-state index contributed by atoms with van der Waals surface area (Å²) in [5.74, 6) is 0.300. The molecule has 0 aromatic heterocycles. The summed E-state index contributed by atoms with van der Waals surface area (Å²) in [6, 6.07) is 8.52. The van der Waals surface area contributed by atoms with Gasteiger partial charge in [-0.15, -0.1) is 0 Å². The summed E-state index contributed by atoms with van der Waals surface area (Å²) in [6.45, 7) is 3.06. The predicted octanol–water partition coefficient (Wildman–Crippen LogP) is 3.02. The van der Waals surface area contributed by atoms with Crippen molar-refractivity contribution < 1.29 is 5.21 Å². The monoisotopic (exact) mass is 313 g/mol. The SMILES string of the molecule is C[C@@H](NCCCC/C(N)=N/O)c1ccccc1Br. The summed E-state index contributed by atoms with van der Waals surface area (Å²) >= 11 is 3.55. The lowest BCUT2D eigenvalue weighted by Crippen LogP contribution is -2.20. The third kappa shape index (κ3) is 5.06. The third-order valence-electron chi connectivity index (χ3n) is 2.81. The molecule has 0 aliphatic heterocycles. The minimum atomic E-state index is 0.300. The van der Waals surface area contributed by atoms with E-state index in [1.165, 1.54) is 5.56 Å². The number of unbranched alkanes of at least 4 members (excludes halogenated alkanes) is 1. The third-order valence-corrected chi connectivity index (χ3v) is 3.53. The van der Waals surface area contributed by atoms with Gasteiger partial charge in [0.25, 0.3) is 0 Å². The molecular weight excluding hydrogens is 294 g/mol. The lowest BCUT2D eigenvalue weighted by molar-refractivity contribution is 0.316. The van der Waals surface area contributed by atoms with Crippen LogP contribution >= 0.6 is 15.9 Å². The Labute approximate surface area is 116 Å². The molecule has 0 unspecified atom stereocenters. The Morgan fingerprint density at radius 2 is 2.17 bits per heavy atom. The summed E-state index contributed by atoms with van der Waals surface area (Å²) in [7, 11) is 0. The second-order valence-electron chi connectivity index (χ2n) is 4.25. The van der Waals surface area contributed by atoms with Crippen LogP contribution in [-0.4, -0.2) is 17.6 Å². The first kappa shape index (κ1) is 15.0. The van der Waals surface area contributed by atoms with E-state index < -0.39 is 0 Å². The average molecular weight is 314 g/mol. The highest BCUT2D eigenvalue weighted by molar-refractivity contribution is 9.10. The van der Waals surface area contributed by atoms with E-state index in [9.17, 15) is 0 Å².